The molecular weight excluding hydrogens is 468 g/mol. The lowest BCUT2D eigenvalue weighted by atomic mass is 9.77. The summed E-state index contributed by atoms with van der Waals surface area (Å²) in [6.07, 6.45) is -0.444. The maximum Gasteiger partial charge on any atom is 0.335 e. The zero-order valence-corrected chi connectivity index (χ0v) is 20.6. The Labute approximate surface area is 204 Å². The molecular formula is C27H27FNO5P. The van der Waals surface area contributed by atoms with Crippen molar-refractivity contribution >= 4 is 14.0 Å². The minimum absolute atomic E-state index is 0.138. The van der Waals surface area contributed by atoms with Gasteiger partial charge < -0.3 is 15.1 Å². The van der Waals surface area contributed by atoms with E-state index >= 15 is 0 Å². The van der Waals surface area contributed by atoms with Gasteiger partial charge in [0, 0.05) is 17.4 Å². The number of aromatic nitrogens is 1. The summed E-state index contributed by atoms with van der Waals surface area (Å²) in [5, 5.41) is 19.7. The van der Waals surface area contributed by atoms with E-state index in [0.717, 1.165) is 12.1 Å². The molecule has 0 fully saturated rings. The molecule has 6 nitrogen and oxygen atoms in total. The number of hydrogen-bond donors (Lipinski definition) is 3. The second kappa shape index (κ2) is 10.1. The molecule has 0 aliphatic rings. The average Bonchev–Trinajstić information content (AvgIpc) is 2.80. The van der Waals surface area contributed by atoms with Crippen molar-refractivity contribution in [2.75, 3.05) is 0 Å². The predicted molar refractivity (Wildman–Crippen MR) is 132 cm³/mol. The molecule has 182 valence electrons. The second-order valence-corrected chi connectivity index (χ2v) is 10.7. The van der Waals surface area contributed by atoms with Gasteiger partial charge in [-0.1, -0.05) is 60.4 Å². The quantitative estimate of drug-likeness (QED) is 0.325. The Hall–Kier alpha value is -3.30. The zero-order chi connectivity index (χ0) is 25.9. The van der Waals surface area contributed by atoms with Crippen LogP contribution in [0.25, 0.3) is 11.3 Å². The number of halogens is 1. The highest BCUT2D eigenvalue weighted by molar-refractivity contribution is 7.42. The van der Waals surface area contributed by atoms with Gasteiger partial charge in [0.15, 0.2) is 0 Å². The maximum atomic E-state index is 13.5. The average molecular weight is 495 g/mol. The molecule has 0 radical (unpaired) electrons. The van der Waals surface area contributed by atoms with Gasteiger partial charge in [-0.05, 0) is 50.6 Å². The van der Waals surface area contributed by atoms with Crippen LogP contribution in [0.4, 0.5) is 4.39 Å². The van der Waals surface area contributed by atoms with E-state index in [4.69, 9.17) is 0 Å². The smallest absolute Gasteiger partial charge is 0.335 e. The van der Waals surface area contributed by atoms with Crippen LogP contribution in [-0.4, -0.2) is 31.2 Å². The first-order valence-electron chi connectivity index (χ1n) is 10.9. The molecule has 8 heteroatoms. The van der Waals surface area contributed by atoms with Crippen LogP contribution in [-0.2, 0) is 21.4 Å². The third kappa shape index (κ3) is 5.52. The highest BCUT2D eigenvalue weighted by Gasteiger charge is 2.62. The van der Waals surface area contributed by atoms with E-state index in [2.05, 4.69) is 16.8 Å². The summed E-state index contributed by atoms with van der Waals surface area (Å²) >= 11 is 0. The monoisotopic (exact) mass is 495 g/mol. The fourth-order valence-electron chi connectivity index (χ4n) is 3.68. The SMILES string of the molecule is CC(C)(C)C#CC(C(=O)O)([PH](=O)O)C(O)(Cc1ccc(F)cc1)c1cccc(-c2ccccc2)n1. The predicted octanol–water partition coefficient (Wildman–Crippen LogP) is 4.66. The first-order chi connectivity index (χ1) is 16.4. The summed E-state index contributed by atoms with van der Waals surface area (Å²) in [6.45, 7) is 5.15. The van der Waals surface area contributed by atoms with Crippen LogP contribution < -0.4 is 0 Å². The summed E-state index contributed by atoms with van der Waals surface area (Å²) in [6, 6.07) is 18.8. The minimum Gasteiger partial charge on any atom is -0.480 e. The van der Waals surface area contributed by atoms with Crippen molar-refractivity contribution < 1.29 is 28.9 Å². The number of nitrogens with zero attached hydrogens (tertiary/aromatic N) is 1. The van der Waals surface area contributed by atoms with Crippen LogP contribution in [0.5, 0.6) is 0 Å². The van der Waals surface area contributed by atoms with Gasteiger partial charge in [-0.3, -0.25) is 4.57 Å². The maximum absolute atomic E-state index is 13.5. The molecule has 0 bridgehead atoms. The number of carboxylic acids is 1. The Bertz CT molecular complexity index is 1280. The lowest BCUT2D eigenvalue weighted by molar-refractivity contribution is -0.146. The summed E-state index contributed by atoms with van der Waals surface area (Å²) in [5.74, 6) is 2.93. The lowest BCUT2D eigenvalue weighted by Gasteiger charge is -2.39. The normalized spacial score (nSPS) is 15.7. The molecule has 3 rings (SSSR count). The van der Waals surface area contributed by atoms with Crippen molar-refractivity contribution in [3.05, 3.63) is 89.9 Å². The van der Waals surface area contributed by atoms with Crippen molar-refractivity contribution in [2.24, 2.45) is 5.41 Å². The van der Waals surface area contributed by atoms with Gasteiger partial charge in [0.05, 0.1) is 11.4 Å². The molecule has 0 saturated carbocycles. The number of carbonyl (C=O) groups is 1. The van der Waals surface area contributed by atoms with Crippen LogP contribution in [0.15, 0.2) is 72.8 Å². The molecule has 0 aliphatic heterocycles. The van der Waals surface area contributed by atoms with E-state index in [0.29, 0.717) is 16.8 Å². The number of aliphatic carboxylic acids is 1. The highest BCUT2D eigenvalue weighted by atomic mass is 31.1. The fraction of sp³-hybridized carbons (Fsp3) is 0.259. The molecule has 0 saturated heterocycles. The van der Waals surface area contributed by atoms with Gasteiger partial charge >= 0.3 is 5.97 Å². The summed E-state index contributed by atoms with van der Waals surface area (Å²) in [7, 11) is -4.05. The Morgan fingerprint density at radius 1 is 0.971 bits per heavy atom. The Morgan fingerprint density at radius 3 is 2.14 bits per heavy atom. The molecule has 3 atom stereocenters. The van der Waals surface area contributed by atoms with E-state index < -0.39 is 42.4 Å². The molecule has 1 aromatic heterocycles. The van der Waals surface area contributed by atoms with Gasteiger partial charge in [-0.2, -0.15) is 0 Å². The van der Waals surface area contributed by atoms with Crippen LogP contribution in [0, 0.1) is 23.1 Å². The number of pyridine rings is 1. The molecule has 0 aliphatic carbocycles. The summed E-state index contributed by atoms with van der Waals surface area (Å²) in [5.41, 5.74) is -1.93. The van der Waals surface area contributed by atoms with Gasteiger partial charge in [0.1, 0.15) is 11.4 Å². The first-order valence-corrected chi connectivity index (χ1v) is 12.3. The number of benzene rings is 2. The molecule has 3 N–H and O–H groups in total. The van der Waals surface area contributed by atoms with E-state index in [-0.39, 0.29) is 5.69 Å². The molecule has 2 aromatic carbocycles. The van der Waals surface area contributed by atoms with Crippen molar-refractivity contribution in [1.29, 1.82) is 0 Å². The first kappa shape index (κ1) is 26.3. The molecule has 0 amide bonds. The Kier molecular flexibility index (Phi) is 7.62. The number of aliphatic hydroxyl groups is 1. The minimum atomic E-state index is -4.05. The van der Waals surface area contributed by atoms with Gasteiger partial charge in [-0.15, -0.1) is 0 Å². The molecule has 3 unspecified atom stereocenters. The number of rotatable bonds is 7. The topological polar surface area (TPSA) is 108 Å². The molecule has 35 heavy (non-hydrogen) atoms. The summed E-state index contributed by atoms with van der Waals surface area (Å²) < 4.78 is 26.4. The summed E-state index contributed by atoms with van der Waals surface area (Å²) in [4.78, 5) is 27.7. The Balaban J connectivity index is 2.34. The second-order valence-electron chi connectivity index (χ2n) is 9.30. The number of hydrogen-bond acceptors (Lipinski definition) is 4. The van der Waals surface area contributed by atoms with E-state index in [1.54, 1.807) is 57.2 Å². The van der Waals surface area contributed by atoms with Crippen molar-refractivity contribution in [3.63, 3.8) is 0 Å². The van der Waals surface area contributed by atoms with Crippen LogP contribution >= 0.6 is 8.03 Å². The highest BCUT2D eigenvalue weighted by Crippen LogP contribution is 2.50. The molecule has 3 aromatic rings. The molecule has 1 heterocycles. The molecule has 0 spiro atoms. The van der Waals surface area contributed by atoms with Gasteiger partial charge in [0.2, 0.25) is 13.2 Å². The van der Waals surface area contributed by atoms with E-state index in [1.807, 2.05) is 6.07 Å². The van der Waals surface area contributed by atoms with Crippen LogP contribution in [0.3, 0.4) is 0 Å². The number of carboxylic acid groups (broad SMARTS) is 1. The van der Waals surface area contributed by atoms with Gasteiger partial charge in [0.25, 0.3) is 0 Å². The van der Waals surface area contributed by atoms with E-state index in [1.165, 1.54) is 18.2 Å². The lowest BCUT2D eigenvalue weighted by Crippen LogP contribution is -2.56. The fourth-order valence-corrected chi connectivity index (χ4v) is 4.61. The van der Waals surface area contributed by atoms with Crippen molar-refractivity contribution in [3.8, 4) is 23.1 Å². The van der Waals surface area contributed by atoms with Crippen LogP contribution in [0.2, 0.25) is 0 Å². The standard InChI is InChI=1S/C27H27FNO5P/c1-25(2,3)16-17-27(24(30)31,35(33)34)26(32,18-19-12-14-21(28)15-13-19)23-11-7-10-22(29-23)20-8-5-4-6-9-20/h4-15,32,35H,18H2,1-3H3,(H,30,31)(H,33,34). The Morgan fingerprint density at radius 2 is 1.60 bits per heavy atom. The van der Waals surface area contributed by atoms with Crippen molar-refractivity contribution in [2.45, 2.75) is 37.9 Å². The van der Waals surface area contributed by atoms with E-state index in [9.17, 15) is 28.9 Å². The third-order valence-corrected chi connectivity index (χ3v) is 6.90. The zero-order valence-electron chi connectivity index (χ0n) is 19.6. The van der Waals surface area contributed by atoms with Crippen LogP contribution in [0.1, 0.15) is 32.0 Å². The largest absolute Gasteiger partial charge is 0.480 e. The van der Waals surface area contributed by atoms with Crippen molar-refractivity contribution in [1.82, 2.24) is 4.98 Å². The van der Waals surface area contributed by atoms with Gasteiger partial charge in [-0.25, -0.2) is 14.2 Å². The third-order valence-electron chi connectivity index (χ3n) is 5.50.